The largest absolute Gasteiger partial charge is 0.476 e. The fraction of sp³-hybridized carbons (Fsp3) is 0.667. The van der Waals surface area contributed by atoms with Crippen molar-refractivity contribution in [2.75, 3.05) is 13.2 Å². The average molecular weight is 350 g/mol. The molecule has 4 nitrogen and oxygen atoms in total. The molecule has 1 atom stereocenters. The summed E-state index contributed by atoms with van der Waals surface area (Å²) in [5, 5.41) is 3.56. The van der Waals surface area contributed by atoms with E-state index in [9.17, 15) is 4.79 Å². The number of benzene rings is 1. The zero-order valence-corrected chi connectivity index (χ0v) is 16.6. The van der Waals surface area contributed by atoms with Crippen molar-refractivity contribution < 1.29 is 14.3 Å². The normalized spacial score (nSPS) is 12.7. The van der Waals surface area contributed by atoms with E-state index in [2.05, 4.69) is 19.2 Å². The van der Waals surface area contributed by atoms with Crippen molar-refractivity contribution in [3.63, 3.8) is 0 Å². The molecule has 0 saturated heterocycles. The van der Waals surface area contributed by atoms with Crippen molar-refractivity contribution >= 4 is 5.97 Å². The highest BCUT2D eigenvalue weighted by molar-refractivity contribution is 5.79. The Morgan fingerprint density at radius 3 is 2.32 bits per heavy atom. The van der Waals surface area contributed by atoms with Crippen molar-refractivity contribution in [2.24, 2.45) is 0 Å². The topological polar surface area (TPSA) is 47.6 Å². The summed E-state index contributed by atoms with van der Waals surface area (Å²) in [6.07, 6.45) is 6.46. The summed E-state index contributed by atoms with van der Waals surface area (Å²) in [4.78, 5) is 11.9. The Balaban J connectivity index is 2.45. The minimum absolute atomic E-state index is 0.304. The number of carbonyl (C=O) groups is 1. The van der Waals surface area contributed by atoms with Crippen LogP contribution in [0.3, 0.4) is 0 Å². The van der Waals surface area contributed by atoms with Gasteiger partial charge in [-0.25, -0.2) is 4.79 Å². The van der Waals surface area contributed by atoms with Crippen LogP contribution in [-0.2, 0) is 9.53 Å². The minimum Gasteiger partial charge on any atom is -0.476 e. The summed E-state index contributed by atoms with van der Waals surface area (Å²) < 4.78 is 10.8. The number of hydrogen-bond donors (Lipinski definition) is 1. The number of carbonyl (C=O) groups excluding carboxylic acids is 1. The molecule has 1 N–H and O–H groups in total. The maximum atomic E-state index is 11.9. The number of nitrogens with one attached hydrogen (secondary N) is 1. The van der Waals surface area contributed by atoms with Crippen molar-refractivity contribution in [3.05, 3.63) is 29.8 Å². The Morgan fingerprint density at radius 1 is 1.08 bits per heavy atom. The van der Waals surface area contributed by atoms with Crippen molar-refractivity contribution in [2.45, 2.75) is 78.4 Å². The van der Waals surface area contributed by atoms with E-state index in [-0.39, 0.29) is 5.97 Å². The standard InChI is InChI=1S/C21H35NO3/c1-6-8-9-10-11-16-22-17(3)18-12-14-19(15-13-18)25-21(4,5)20(23)24-7-2/h12-15,17,22H,6-11,16H2,1-5H3. The second-order valence-corrected chi connectivity index (χ2v) is 6.99. The third-order valence-electron chi connectivity index (χ3n) is 4.25. The first kappa shape index (κ1) is 21.5. The highest BCUT2D eigenvalue weighted by Gasteiger charge is 2.31. The Labute approximate surface area is 153 Å². The number of hydrogen-bond acceptors (Lipinski definition) is 4. The van der Waals surface area contributed by atoms with Gasteiger partial charge in [0, 0.05) is 6.04 Å². The second-order valence-electron chi connectivity index (χ2n) is 6.99. The molecule has 0 aliphatic carbocycles. The van der Waals surface area contributed by atoms with Crippen LogP contribution in [0.5, 0.6) is 5.75 Å². The van der Waals surface area contributed by atoms with Crippen molar-refractivity contribution in [3.8, 4) is 5.75 Å². The van der Waals surface area contributed by atoms with Gasteiger partial charge in [-0.05, 0) is 58.4 Å². The van der Waals surface area contributed by atoms with Gasteiger partial charge >= 0.3 is 5.97 Å². The summed E-state index contributed by atoms with van der Waals surface area (Å²) in [6, 6.07) is 8.22. The van der Waals surface area contributed by atoms with Crippen LogP contribution in [0.4, 0.5) is 0 Å². The first-order chi connectivity index (χ1) is 11.9. The molecule has 1 unspecified atom stereocenters. The summed E-state index contributed by atoms with van der Waals surface area (Å²) in [7, 11) is 0. The van der Waals surface area contributed by atoms with E-state index in [0.29, 0.717) is 18.4 Å². The zero-order valence-electron chi connectivity index (χ0n) is 16.6. The van der Waals surface area contributed by atoms with E-state index < -0.39 is 5.60 Å². The molecule has 0 saturated carbocycles. The Morgan fingerprint density at radius 2 is 1.72 bits per heavy atom. The maximum absolute atomic E-state index is 11.9. The fourth-order valence-electron chi connectivity index (χ4n) is 2.63. The van der Waals surface area contributed by atoms with Crippen molar-refractivity contribution in [1.29, 1.82) is 0 Å². The lowest BCUT2D eigenvalue weighted by Gasteiger charge is -2.24. The van der Waals surface area contributed by atoms with Crippen LogP contribution in [-0.4, -0.2) is 24.7 Å². The van der Waals surface area contributed by atoms with Crippen molar-refractivity contribution in [1.82, 2.24) is 5.32 Å². The molecule has 0 aliphatic heterocycles. The predicted octanol–water partition coefficient (Wildman–Crippen LogP) is 5.03. The average Bonchev–Trinajstić information content (AvgIpc) is 2.58. The molecule has 1 rings (SSSR count). The summed E-state index contributed by atoms with van der Waals surface area (Å²) in [5.41, 5.74) is 0.231. The first-order valence-corrected chi connectivity index (χ1v) is 9.60. The number of esters is 1. The van der Waals surface area contributed by atoms with Crippen LogP contribution in [0, 0.1) is 0 Å². The Hall–Kier alpha value is -1.55. The summed E-state index contributed by atoms with van der Waals surface area (Å²) in [5.74, 6) is 0.325. The lowest BCUT2D eigenvalue weighted by molar-refractivity contribution is -0.158. The molecule has 0 heterocycles. The molecule has 0 spiro atoms. The molecule has 1 aromatic rings. The quantitative estimate of drug-likeness (QED) is 0.425. The van der Waals surface area contributed by atoms with Gasteiger partial charge in [-0.1, -0.05) is 44.7 Å². The lowest BCUT2D eigenvalue weighted by atomic mass is 10.1. The molecular weight excluding hydrogens is 314 g/mol. The van der Waals surface area contributed by atoms with Crippen LogP contribution in [0.25, 0.3) is 0 Å². The van der Waals surface area contributed by atoms with Gasteiger partial charge in [0.05, 0.1) is 6.61 Å². The molecule has 4 heteroatoms. The fourth-order valence-corrected chi connectivity index (χ4v) is 2.63. The molecule has 0 aliphatic rings. The smallest absolute Gasteiger partial charge is 0.349 e. The summed E-state index contributed by atoms with van der Waals surface area (Å²) >= 11 is 0. The van der Waals surface area contributed by atoms with Gasteiger partial charge < -0.3 is 14.8 Å². The van der Waals surface area contributed by atoms with E-state index >= 15 is 0 Å². The van der Waals surface area contributed by atoms with Crippen LogP contribution in [0.1, 0.15) is 78.3 Å². The van der Waals surface area contributed by atoms with E-state index in [1.807, 2.05) is 24.3 Å². The van der Waals surface area contributed by atoms with Gasteiger partial charge in [0.1, 0.15) is 5.75 Å². The van der Waals surface area contributed by atoms with Gasteiger partial charge in [0.15, 0.2) is 5.60 Å². The molecule has 0 amide bonds. The molecule has 142 valence electrons. The molecule has 1 aromatic carbocycles. The maximum Gasteiger partial charge on any atom is 0.349 e. The third kappa shape index (κ3) is 7.91. The second kappa shape index (κ2) is 11.1. The third-order valence-corrected chi connectivity index (χ3v) is 4.25. The Bertz CT molecular complexity index is 496. The number of unbranched alkanes of at least 4 members (excludes halogenated alkanes) is 4. The highest BCUT2D eigenvalue weighted by atomic mass is 16.6. The minimum atomic E-state index is -0.986. The van der Waals surface area contributed by atoms with E-state index in [4.69, 9.17) is 9.47 Å². The molecule has 0 aromatic heterocycles. The number of rotatable bonds is 12. The van der Waals surface area contributed by atoms with Crippen LogP contribution in [0.15, 0.2) is 24.3 Å². The van der Waals surface area contributed by atoms with Crippen LogP contribution in [0.2, 0.25) is 0 Å². The molecular formula is C21H35NO3. The van der Waals surface area contributed by atoms with E-state index in [0.717, 1.165) is 6.54 Å². The van der Waals surface area contributed by atoms with Gasteiger partial charge in [-0.2, -0.15) is 0 Å². The van der Waals surface area contributed by atoms with E-state index in [1.54, 1.807) is 20.8 Å². The van der Waals surface area contributed by atoms with E-state index in [1.165, 1.54) is 37.7 Å². The number of ether oxygens (including phenoxy) is 2. The molecule has 0 bridgehead atoms. The molecule has 0 fully saturated rings. The lowest BCUT2D eigenvalue weighted by Crippen LogP contribution is -2.39. The zero-order chi connectivity index (χ0) is 18.7. The first-order valence-electron chi connectivity index (χ1n) is 9.60. The highest BCUT2D eigenvalue weighted by Crippen LogP contribution is 2.22. The molecule has 0 radical (unpaired) electrons. The van der Waals surface area contributed by atoms with Gasteiger partial charge in [-0.3, -0.25) is 0 Å². The van der Waals surface area contributed by atoms with Crippen LogP contribution < -0.4 is 10.1 Å². The molecule has 25 heavy (non-hydrogen) atoms. The Kier molecular flexibility index (Phi) is 9.58. The monoisotopic (exact) mass is 349 g/mol. The van der Waals surface area contributed by atoms with Gasteiger partial charge in [0.25, 0.3) is 0 Å². The summed E-state index contributed by atoms with van der Waals surface area (Å²) in [6.45, 7) is 11.0. The van der Waals surface area contributed by atoms with Gasteiger partial charge in [0.2, 0.25) is 0 Å². The van der Waals surface area contributed by atoms with Crippen LogP contribution >= 0.6 is 0 Å². The predicted molar refractivity (Wildman–Crippen MR) is 103 cm³/mol. The SMILES string of the molecule is CCCCCCCNC(C)c1ccc(OC(C)(C)C(=O)OCC)cc1. The van der Waals surface area contributed by atoms with Gasteiger partial charge in [-0.15, -0.1) is 0 Å².